The lowest BCUT2D eigenvalue weighted by Crippen LogP contribution is -2.46. The number of aromatic nitrogens is 4. The maximum absolute atomic E-state index is 13.1. The molecule has 0 atom stereocenters. The van der Waals surface area contributed by atoms with E-state index in [2.05, 4.69) is 31.9 Å². The standard InChI is InChI=1S/2C24H27N5O3.2ClH/c2*1-27(19-10-12-28(13-11-19)21-8-3-4-9-22(21)32-2)24(31)29-15-20(26-16-29)17-6-5-7-18(14-17)23(25)30;;/h2*3-9,14-16,19H,10-13H2,1-2H3,(H2,25,30);2*1H. The van der Waals surface area contributed by atoms with Crippen LogP contribution in [-0.2, 0) is 0 Å². The Morgan fingerprint density at radius 2 is 0.924 bits per heavy atom. The maximum atomic E-state index is 13.1. The van der Waals surface area contributed by atoms with Gasteiger partial charge in [0, 0.05) is 87.0 Å². The summed E-state index contributed by atoms with van der Waals surface area (Å²) < 4.78 is 13.9. The van der Waals surface area contributed by atoms with Crippen molar-refractivity contribution in [2.75, 3.05) is 64.3 Å². The van der Waals surface area contributed by atoms with Gasteiger partial charge in [-0.25, -0.2) is 19.6 Å². The van der Waals surface area contributed by atoms with Gasteiger partial charge < -0.3 is 40.5 Å². The zero-order chi connectivity index (χ0) is 45.3. The maximum Gasteiger partial charge on any atom is 0.329 e. The average Bonchev–Trinajstić information content (AvgIpc) is 4.05. The van der Waals surface area contributed by atoms with Crippen molar-refractivity contribution in [3.63, 3.8) is 0 Å². The zero-order valence-corrected chi connectivity index (χ0v) is 39.0. The molecular weight excluding hydrogens is 883 g/mol. The molecule has 16 nitrogen and oxygen atoms in total. The summed E-state index contributed by atoms with van der Waals surface area (Å²) >= 11 is 0. The van der Waals surface area contributed by atoms with Crippen LogP contribution in [0.2, 0.25) is 0 Å². The number of carbonyl (C=O) groups excluding carboxylic acids is 4. The number of nitrogens with zero attached hydrogens (tertiary/aromatic N) is 8. The molecule has 8 rings (SSSR count). The molecule has 0 bridgehead atoms. The number of benzene rings is 4. The van der Waals surface area contributed by atoms with Crippen LogP contribution in [0.15, 0.2) is 122 Å². The first-order chi connectivity index (χ1) is 30.9. The fourth-order valence-corrected chi connectivity index (χ4v) is 8.26. The van der Waals surface area contributed by atoms with E-state index in [-0.39, 0.29) is 49.0 Å². The van der Waals surface area contributed by atoms with E-state index >= 15 is 0 Å². The third-order valence-corrected chi connectivity index (χ3v) is 12.0. The highest BCUT2D eigenvalue weighted by Gasteiger charge is 2.29. The van der Waals surface area contributed by atoms with Crippen molar-refractivity contribution in [2.24, 2.45) is 11.5 Å². The number of imidazole rings is 2. The average molecular weight is 940 g/mol. The number of amides is 4. The minimum atomic E-state index is -0.499. The van der Waals surface area contributed by atoms with Gasteiger partial charge in [-0.3, -0.25) is 18.7 Å². The first-order valence-electron chi connectivity index (χ1n) is 21.1. The first kappa shape index (κ1) is 50.0. The number of carbonyl (C=O) groups is 4. The normalized spacial score (nSPS) is 13.8. The van der Waals surface area contributed by atoms with Crippen LogP contribution in [-0.4, -0.2) is 119 Å². The van der Waals surface area contributed by atoms with E-state index in [1.165, 1.54) is 21.8 Å². The summed E-state index contributed by atoms with van der Waals surface area (Å²) in [6.45, 7) is 3.38. The Kier molecular flexibility index (Phi) is 17.2. The Morgan fingerprint density at radius 3 is 1.27 bits per heavy atom. The van der Waals surface area contributed by atoms with E-state index in [1.54, 1.807) is 72.8 Å². The molecule has 2 aliphatic heterocycles. The van der Waals surface area contributed by atoms with E-state index in [9.17, 15) is 19.2 Å². The molecule has 0 spiro atoms. The lowest BCUT2D eigenvalue weighted by atomic mass is 10.0. The molecule has 0 unspecified atom stereocenters. The zero-order valence-electron chi connectivity index (χ0n) is 37.4. The van der Waals surface area contributed by atoms with Gasteiger partial charge in [-0.1, -0.05) is 48.5 Å². The Bertz CT molecular complexity index is 2430. The molecule has 6 aromatic rings. The largest absolute Gasteiger partial charge is 0.495 e. The third kappa shape index (κ3) is 11.4. The number of nitrogens with two attached hydrogens (primary N) is 2. The van der Waals surface area contributed by atoms with Crippen LogP contribution in [0.5, 0.6) is 11.5 Å². The number of hydrogen-bond donors (Lipinski definition) is 2. The number of anilines is 2. The predicted molar refractivity (Wildman–Crippen MR) is 260 cm³/mol. The van der Waals surface area contributed by atoms with Crippen LogP contribution in [0.4, 0.5) is 21.0 Å². The van der Waals surface area contributed by atoms with Gasteiger partial charge in [0.15, 0.2) is 0 Å². The molecule has 2 aliphatic rings. The monoisotopic (exact) mass is 938 g/mol. The molecule has 2 aromatic heterocycles. The van der Waals surface area contributed by atoms with Gasteiger partial charge >= 0.3 is 12.1 Å². The first-order valence-corrected chi connectivity index (χ1v) is 21.1. The molecule has 348 valence electrons. The number of hydrogen-bond acceptors (Lipinski definition) is 10. The number of halogens is 2. The van der Waals surface area contributed by atoms with Crippen molar-refractivity contribution >= 4 is 60.1 Å². The van der Waals surface area contributed by atoms with Crippen LogP contribution < -0.4 is 30.7 Å². The molecule has 18 heteroatoms. The third-order valence-electron chi connectivity index (χ3n) is 12.0. The highest BCUT2D eigenvalue weighted by molar-refractivity contribution is 5.94. The Morgan fingerprint density at radius 1 is 0.561 bits per heavy atom. The number of ether oxygens (including phenoxy) is 2. The molecule has 4 N–H and O–H groups in total. The number of primary amides is 2. The van der Waals surface area contributed by atoms with Crippen LogP contribution >= 0.6 is 24.8 Å². The van der Waals surface area contributed by atoms with Crippen molar-refractivity contribution in [1.29, 1.82) is 0 Å². The van der Waals surface area contributed by atoms with Crippen LogP contribution in [0, 0.1) is 0 Å². The summed E-state index contributed by atoms with van der Waals surface area (Å²) in [6, 6.07) is 29.8. The lowest BCUT2D eigenvalue weighted by molar-refractivity contribution is 0.0992. The number of para-hydroxylation sites is 4. The highest BCUT2D eigenvalue weighted by Crippen LogP contribution is 2.32. The highest BCUT2D eigenvalue weighted by atomic mass is 35.5. The Hall–Kier alpha value is -7.04. The van der Waals surface area contributed by atoms with Gasteiger partial charge in [0.05, 0.1) is 37.0 Å². The SMILES string of the molecule is COc1ccccc1N1CCC(N(C)C(=O)n2cnc(-c3cccc(C(N)=O)c3)c2)CC1.COc1ccccc1N1CCC(N(C)C(=O)n2cnc(-c3cccc(C(N)=O)c3)c2)CC1.Cl.Cl. The number of rotatable bonds is 10. The van der Waals surface area contributed by atoms with E-state index in [4.69, 9.17) is 20.9 Å². The van der Waals surface area contributed by atoms with E-state index < -0.39 is 11.8 Å². The Balaban J connectivity index is 0.000000240. The summed E-state index contributed by atoms with van der Waals surface area (Å²) in [5, 5.41) is 0. The fourth-order valence-electron chi connectivity index (χ4n) is 8.26. The predicted octanol–water partition coefficient (Wildman–Crippen LogP) is 7.30. The molecule has 0 aliphatic carbocycles. The number of piperidine rings is 2. The minimum absolute atomic E-state index is 0. The molecule has 4 amide bonds. The van der Waals surface area contributed by atoms with Gasteiger partial charge in [-0.15, -0.1) is 24.8 Å². The second-order valence-electron chi connectivity index (χ2n) is 15.8. The molecule has 4 aromatic carbocycles. The van der Waals surface area contributed by atoms with Crippen molar-refractivity contribution in [3.8, 4) is 34.0 Å². The second kappa shape index (κ2) is 22.7. The smallest absolute Gasteiger partial charge is 0.329 e. The molecule has 0 saturated carbocycles. The van der Waals surface area contributed by atoms with Crippen LogP contribution in [0.1, 0.15) is 46.4 Å². The van der Waals surface area contributed by atoms with Crippen molar-refractivity contribution in [1.82, 2.24) is 28.9 Å². The van der Waals surface area contributed by atoms with Gasteiger partial charge in [-0.2, -0.15) is 0 Å². The summed E-state index contributed by atoms with van der Waals surface area (Å²) in [4.78, 5) is 65.8. The number of methoxy groups -OCH3 is 2. The molecule has 4 heterocycles. The van der Waals surface area contributed by atoms with Crippen molar-refractivity contribution in [3.05, 3.63) is 133 Å². The van der Waals surface area contributed by atoms with Crippen molar-refractivity contribution in [2.45, 2.75) is 37.8 Å². The topological polar surface area (TPSA) is 187 Å². The van der Waals surface area contributed by atoms with Crippen molar-refractivity contribution < 1.29 is 28.7 Å². The minimum Gasteiger partial charge on any atom is -0.495 e. The van der Waals surface area contributed by atoms with Gasteiger partial charge in [-0.05, 0) is 74.2 Å². The summed E-state index contributed by atoms with van der Waals surface area (Å²) in [7, 11) is 7.03. The Labute approximate surface area is 396 Å². The quantitative estimate of drug-likeness (QED) is 0.141. The molecule has 0 radical (unpaired) electrons. The summed E-state index contributed by atoms with van der Waals surface area (Å²) in [5.41, 5.74) is 16.4. The second-order valence-corrected chi connectivity index (χ2v) is 15.8. The molecule has 2 saturated heterocycles. The van der Waals surface area contributed by atoms with Gasteiger partial charge in [0.25, 0.3) is 0 Å². The summed E-state index contributed by atoms with van der Waals surface area (Å²) in [6.07, 6.45) is 9.84. The summed E-state index contributed by atoms with van der Waals surface area (Å²) in [5.74, 6) is 0.728. The van der Waals surface area contributed by atoms with E-state index in [0.29, 0.717) is 22.5 Å². The van der Waals surface area contributed by atoms with E-state index in [1.807, 2.05) is 62.6 Å². The van der Waals surface area contributed by atoms with Crippen LogP contribution in [0.25, 0.3) is 22.5 Å². The fraction of sp³-hybridized carbons (Fsp3) is 0.292. The van der Waals surface area contributed by atoms with Gasteiger partial charge in [0.2, 0.25) is 11.8 Å². The van der Waals surface area contributed by atoms with Crippen LogP contribution in [0.3, 0.4) is 0 Å². The van der Waals surface area contributed by atoms with Gasteiger partial charge in [0.1, 0.15) is 24.2 Å². The molecular formula is C48H56Cl2N10O6. The lowest BCUT2D eigenvalue weighted by Gasteiger charge is -2.38. The molecule has 2 fully saturated rings. The molecule has 66 heavy (non-hydrogen) atoms. The van der Waals surface area contributed by atoms with E-state index in [0.717, 1.165) is 85.9 Å².